The van der Waals surface area contributed by atoms with Crippen LogP contribution in [0.4, 0.5) is 8.78 Å². The number of alkyl halides is 2. The van der Waals surface area contributed by atoms with Crippen molar-refractivity contribution in [3.8, 4) is 17.4 Å². The number of hydrogen-bond acceptors (Lipinski definition) is 7. The minimum Gasteiger partial charge on any atom is -0.470 e. The summed E-state index contributed by atoms with van der Waals surface area (Å²) in [5.74, 6) is 1.00. The van der Waals surface area contributed by atoms with E-state index < -0.39 is 13.0 Å². The molecule has 0 aromatic carbocycles. The fraction of sp³-hybridized carbons (Fsp3) is 0.438. The zero-order valence-electron chi connectivity index (χ0n) is 14.0. The first-order valence-electron chi connectivity index (χ1n) is 8.17. The average Bonchev–Trinajstić information content (AvgIpc) is 3.28. The summed E-state index contributed by atoms with van der Waals surface area (Å²) in [6, 6.07) is 0. The maximum atomic E-state index is 12.1. The van der Waals surface area contributed by atoms with Crippen LogP contribution in [0.5, 0.6) is 5.88 Å². The number of fused-ring (bicyclic) bond motifs is 1. The largest absolute Gasteiger partial charge is 0.470 e. The van der Waals surface area contributed by atoms with E-state index in [1.54, 1.807) is 0 Å². The van der Waals surface area contributed by atoms with Crippen LogP contribution in [0.2, 0.25) is 0 Å². The maximum absolute atomic E-state index is 12.1. The van der Waals surface area contributed by atoms with E-state index in [-0.39, 0.29) is 11.8 Å². The van der Waals surface area contributed by atoms with E-state index in [1.807, 2.05) is 17.9 Å². The molecule has 3 aromatic heterocycles. The van der Waals surface area contributed by atoms with E-state index in [0.29, 0.717) is 17.4 Å². The lowest BCUT2D eigenvalue weighted by Crippen LogP contribution is -2.15. The molecule has 0 fully saturated rings. The summed E-state index contributed by atoms with van der Waals surface area (Å²) in [7, 11) is 1.92. The van der Waals surface area contributed by atoms with Crippen molar-refractivity contribution in [2.45, 2.75) is 31.6 Å². The van der Waals surface area contributed by atoms with Gasteiger partial charge in [0.25, 0.3) is 6.43 Å². The zero-order chi connectivity index (χ0) is 18.1. The molecule has 1 aliphatic rings. The molecule has 4 rings (SSSR count). The molecule has 1 aliphatic carbocycles. The van der Waals surface area contributed by atoms with Crippen molar-refractivity contribution in [1.82, 2.24) is 29.9 Å². The van der Waals surface area contributed by atoms with Crippen LogP contribution in [0.1, 0.15) is 29.5 Å². The van der Waals surface area contributed by atoms with Gasteiger partial charge in [-0.05, 0) is 18.4 Å². The summed E-state index contributed by atoms with van der Waals surface area (Å²) in [4.78, 5) is 12.5. The maximum Gasteiger partial charge on any atom is 0.272 e. The number of halogens is 2. The molecule has 1 unspecified atom stereocenters. The van der Waals surface area contributed by atoms with E-state index in [9.17, 15) is 8.78 Å². The van der Waals surface area contributed by atoms with Gasteiger partial charge in [0.1, 0.15) is 5.69 Å². The molecule has 0 amide bonds. The van der Waals surface area contributed by atoms with Gasteiger partial charge in [0.2, 0.25) is 17.6 Å². The second-order valence-corrected chi connectivity index (χ2v) is 6.08. The SMILES string of the molecule is Cn1ncc2c1CC(c1nc(-c3cnc(OCC(F)F)cn3)no1)CC2. The van der Waals surface area contributed by atoms with Crippen LogP contribution in [0.15, 0.2) is 23.1 Å². The first-order chi connectivity index (χ1) is 12.6. The van der Waals surface area contributed by atoms with Crippen molar-refractivity contribution >= 4 is 0 Å². The highest BCUT2D eigenvalue weighted by atomic mass is 19.3. The molecule has 3 heterocycles. The molecular weight excluding hydrogens is 346 g/mol. The highest BCUT2D eigenvalue weighted by Gasteiger charge is 2.27. The molecule has 0 saturated carbocycles. The second kappa shape index (κ2) is 6.77. The van der Waals surface area contributed by atoms with Gasteiger partial charge in [-0.3, -0.25) is 4.68 Å². The third-order valence-corrected chi connectivity index (χ3v) is 4.36. The van der Waals surface area contributed by atoms with Crippen LogP contribution < -0.4 is 4.74 Å². The van der Waals surface area contributed by atoms with Crippen molar-refractivity contribution in [2.75, 3.05) is 6.61 Å². The van der Waals surface area contributed by atoms with Crippen LogP contribution in [-0.4, -0.2) is 42.9 Å². The molecule has 10 heteroatoms. The van der Waals surface area contributed by atoms with Crippen LogP contribution in [0.25, 0.3) is 11.5 Å². The molecule has 0 N–H and O–H groups in total. The molecule has 136 valence electrons. The van der Waals surface area contributed by atoms with E-state index in [1.165, 1.54) is 23.7 Å². The Kier molecular flexibility index (Phi) is 4.31. The molecular formula is C16H16F2N6O2. The van der Waals surface area contributed by atoms with Crippen LogP contribution in [-0.2, 0) is 19.9 Å². The van der Waals surface area contributed by atoms with Crippen LogP contribution >= 0.6 is 0 Å². The van der Waals surface area contributed by atoms with Crippen LogP contribution in [0.3, 0.4) is 0 Å². The van der Waals surface area contributed by atoms with Gasteiger partial charge in [0.15, 0.2) is 6.61 Å². The topological polar surface area (TPSA) is 91.8 Å². The highest BCUT2D eigenvalue weighted by Crippen LogP contribution is 2.32. The minimum absolute atomic E-state index is 0.0220. The van der Waals surface area contributed by atoms with Gasteiger partial charge in [0.05, 0.1) is 18.6 Å². The van der Waals surface area contributed by atoms with Gasteiger partial charge in [0, 0.05) is 25.1 Å². The van der Waals surface area contributed by atoms with Gasteiger partial charge >= 0.3 is 0 Å². The predicted octanol–water partition coefficient (Wildman–Crippen LogP) is 2.18. The smallest absolute Gasteiger partial charge is 0.272 e. The monoisotopic (exact) mass is 362 g/mol. The Bertz CT molecular complexity index is 893. The molecule has 0 radical (unpaired) electrons. The quantitative estimate of drug-likeness (QED) is 0.687. The summed E-state index contributed by atoms with van der Waals surface area (Å²) in [6.07, 6.45) is 4.59. The summed E-state index contributed by atoms with van der Waals surface area (Å²) in [5, 5.41) is 8.25. The fourth-order valence-corrected chi connectivity index (χ4v) is 3.02. The Hall–Kier alpha value is -2.91. The predicted molar refractivity (Wildman–Crippen MR) is 84.8 cm³/mol. The van der Waals surface area contributed by atoms with Crippen molar-refractivity contribution in [2.24, 2.45) is 7.05 Å². The zero-order valence-corrected chi connectivity index (χ0v) is 14.0. The minimum atomic E-state index is -2.56. The van der Waals surface area contributed by atoms with Crippen molar-refractivity contribution < 1.29 is 18.0 Å². The fourth-order valence-electron chi connectivity index (χ4n) is 3.02. The van der Waals surface area contributed by atoms with Crippen molar-refractivity contribution in [1.29, 1.82) is 0 Å². The molecule has 0 saturated heterocycles. The Morgan fingerprint density at radius 3 is 2.96 bits per heavy atom. The number of aryl methyl sites for hydroxylation is 2. The molecule has 8 nitrogen and oxygen atoms in total. The normalized spacial score (nSPS) is 16.7. The molecule has 1 atom stereocenters. The van der Waals surface area contributed by atoms with Gasteiger partial charge in [-0.2, -0.15) is 10.1 Å². The van der Waals surface area contributed by atoms with E-state index >= 15 is 0 Å². The first-order valence-corrected chi connectivity index (χ1v) is 8.17. The third kappa shape index (κ3) is 3.26. The van der Waals surface area contributed by atoms with Crippen LogP contribution in [0, 0.1) is 0 Å². The summed E-state index contributed by atoms with van der Waals surface area (Å²) < 4.78 is 36.3. The number of nitrogens with zero attached hydrogens (tertiary/aromatic N) is 6. The Balaban J connectivity index is 1.47. The second-order valence-electron chi connectivity index (χ2n) is 6.08. The van der Waals surface area contributed by atoms with Crippen molar-refractivity contribution in [3.05, 3.63) is 35.7 Å². The van der Waals surface area contributed by atoms with Gasteiger partial charge in [-0.1, -0.05) is 5.16 Å². The molecule has 3 aromatic rings. The van der Waals surface area contributed by atoms with Gasteiger partial charge in [-0.25, -0.2) is 18.7 Å². The van der Waals surface area contributed by atoms with Gasteiger partial charge in [-0.15, -0.1) is 0 Å². The molecule has 0 aliphatic heterocycles. The lowest BCUT2D eigenvalue weighted by molar-refractivity contribution is 0.0794. The first kappa shape index (κ1) is 16.6. The highest BCUT2D eigenvalue weighted by molar-refractivity contribution is 5.46. The van der Waals surface area contributed by atoms with E-state index in [2.05, 4.69) is 25.2 Å². The van der Waals surface area contributed by atoms with Gasteiger partial charge < -0.3 is 9.26 Å². The van der Waals surface area contributed by atoms with E-state index in [0.717, 1.165) is 19.3 Å². The number of ether oxygens (including phenoxy) is 1. The molecule has 0 bridgehead atoms. The Morgan fingerprint density at radius 1 is 1.31 bits per heavy atom. The lowest BCUT2D eigenvalue weighted by atomic mass is 9.88. The standard InChI is InChI=1S/C16H16F2N6O2/c1-24-12-4-9(2-3-10(12)5-21-24)16-22-15(23-26-16)11-6-20-14(7-19-11)25-8-13(17)18/h5-7,9,13H,2-4,8H2,1H3. The third-order valence-electron chi connectivity index (χ3n) is 4.36. The number of aromatic nitrogens is 6. The Labute approximate surface area is 147 Å². The molecule has 0 spiro atoms. The number of hydrogen-bond donors (Lipinski definition) is 0. The summed E-state index contributed by atoms with van der Waals surface area (Å²) in [5.41, 5.74) is 2.83. The average molecular weight is 362 g/mol. The summed E-state index contributed by atoms with van der Waals surface area (Å²) >= 11 is 0. The Morgan fingerprint density at radius 2 is 2.19 bits per heavy atom. The summed E-state index contributed by atoms with van der Waals surface area (Å²) in [6.45, 7) is -0.724. The number of rotatable bonds is 5. The van der Waals surface area contributed by atoms with Crippen molar-refractivity contribution in [3.63, 3.8) is 0 Å². The molecule has 26 heavy (non-hydrogen) atoms. The lowest BCUT2D eigenvalue weighted by Gasteiger charge is -2.19. The van der Waals surface area contributed by atoms with E-state index in [4.69, 9.17) is 9.26 Å².